The van der Waals surface area contributed by atoms with Gasteiger partial charge in [0.25, 0.3) is 0 Å². The third-order valence-electron chi connectivity index (χ3n) is 15.6. The van der Waals surface area contributed by atoms with Crippen molar-refractivity contribution in [1.82, 2.24) is 5.32 Å². The van der Waals surface area contributed by atoms with Crippen LogP contribution in [0.2, 0.25) is 0 Å². The molecule has 0 heterocycles. The van der Waals surface area contributed by atoms with E-state index in [0.717, 1.165) is 44.9 Å². The van der Waals surface area contributed by atoms with Crippen LogP contribution in [0.15, 0.2) is 12.2 Å². The molecule has 3 N–H and O–H groups in total. The highest BCUT2D eigenvalue weighted by atomic mass is 16.5. The highest BCUT2D eigenvalue weighted by molar-refractivity contribution is 5.76. The molecule has 6 nitrogen and oxygen atoms in total. The summed E-state index contributed by atoms with van der Waals surface area (Å²) in [6, 6.07) is -0.536. The topological polar surface area (TPSA) is 95.9 Å². The van der Waals surface area contributed by atoms with Crippen LogP contribution < -0.4 is 5.32 Å². The predicted octanol–water partition coefficient (Wildman–Crippen LogP) is 20.8. The molecule has 0 aromatic rings. The number of allylic oxidation sites excluding steroid dienone is 2. The highest BCUT2D eigenvalue weighted by Gasteiger charge is 2.20. The summed E-state index contributed by atoms with van der Waals surface area (Å²) in [6.07, 6.45) is 75.4. The summed E-state index contributed by atoms with van der Waals surface area (Å²) >= 11 is 0. The van der Waals surface area contributed by atoms with E-state index in [1.807, 2.05) is 0 Å². The zero-order valence-corrected chi connectivity index (χ0v) is 48.9. The van der Waals surface area contributed by atoms with Crippen LogP contribution in [0.25, 0.3) is 0 Å². The van der Waals surface area contributed by atoms with Crippen LogP contribution in [-0.4, -0.2) is 47.4 Å². The van der Waals surface area contributed by atoms with Gasteiger partial charge in [0.15, 0.2) is 0 Å². The number of aliphatic hydroxyl groups excluding tert-OH is 2. The molecule has 0 aliphatic heterocycles. The molecule has 0 saturated carbocycles. The van der Waals surface area contributed by atoms with Crippen molar-refractivity contribution in [2.45, 2.75) is 386 Å². The van der Waals surface area contributed by atoms with Gasteiger partial charge in [-0.1, -0.05) is 321 Å². The number of amides is 1. The molecule has 0 aliphatic carbocycles. The smallest absolute Gasteiger partial charge is 0.305 e. The Bertz CT molecular complexity index is 1080. The first-order chi connectivity index (χ1) is 35.5. The van der Waals surface area contributed by atoms with Gasteiger partial charge in [0.2, 0.25) is 5.91 Å². The fourth-order valence-corrected chi connectivity index (χ4v) is 10.5. The number of nitrogens with one attached hydrogen (secondary N) is 1. The Morgan fingerprint density at radius 2 is 0.653 bits per heavy atom. The van der Waals surface area contributed by atoms with Crippen LogP contribution in [0.5, 0.6) is 0 Å². The van der Waals surface area contributed by atoms with Crippen molar-refractivity contribution in [1.29, 1.82) is 0 Å². The normalized spacial score (nSPS) is 12.6. The summed E-state index contributed by atoms with van der Waals surface area (Å²) in [5.41, 5.74) is 0. The first-order valence-electron chi connectivity index (χ1n) is 32.9. The number of aliphatic hydroxyl groups is 2. The molecule has 1 amide bonds. The van der Waals surface area contributed by atoms with Gasteiger partial charge in [-0.25, -0.2) is 0 Å². The Morgan fingerprint density at radius 3 is 0.986 bits per heavy atom. The Hall–Kier alpha value is -1.40. The third-order valence-corrected chi connectivity index (χ3v) is 15.6. The van der Waals surface area contributed by atoms with E-state index in [4.69, 9.17) is 4.74 Å². The number of unbranched alkanes of at least 4 members (excludes halogenated alkanes) is 49. The van der Waals surface area contributed by atoms with Crippen LogP contribution in [0.3, 0.4) is 0 Å². The number of hydrogen-bond donors (Lipinski definition) is 3. The first-order valence-corrected chi connectivity index (χ1v) is 32.9. The fourth-order valence-electron chi connectivity index (χ4n) is 10.5. The second-order valence-corrected chi connectivity index (χ2v) is 22.8. The standard InChI is InChI=1S/C66H129NO5/c1-3-5-7-9-11-13-14-15-16-17-31-34-37-40-44-48-52-56-60-66(71)72-61-57-53-49-45-41-38-35-32-29-27-25-23-21-19-18-20-22-24-26-28-30-33-36-39-43-47-51-55-59-65(70)67-63(62-68)64(69)58-54-50-46-42-12-10-8-6-4-2/h16-17,63-64,68-69H,3-15,18-62H2,1-2H3,(H,67,70)/b17-16-. The number of ether oxygens (including phenoxy) is 1. The molecule has 428 valence electrons. The molecule has 0 aliphatic rings. The summed E-state index contributed by atoms with van der Waals surface area (Å²) in [5, 5.41) is 23.1. The molecule has 6 heteroatoms. The molecule has 0 bridgehead atoms. The van der Waals surface area contributed by atoms with Crippen LogP contribution in [0, 0.1) is 0 Å². The molecule has 0 aromatic carbocycles. The van der Waals surface area contributed by atoms with Crippen molar-refractivity contribution in [3.8, 4) is 0 Å². The van der Waals surface area contributed by atoms with Crippen molar-refractivity contribution < 1.29 is 24.5 Å². The lowest BCUT2D eigenvalue weighted by molar-refractivity contribution is -0.143. The Labute approximate surface area is 450 Å². The maximum Gasteiger partial charge on any atom is 0.305 e. The van der Waals surface area contributed by atoms with Crippen molar-refractivity contribution in [2.24, 2.45) is 0 Å². The van der Waals surface area contributed by atoms with E-state index in [0.29, 0.717) is 25.9 Å². The van der Waals surface area contributed by atoms with E-state index in [1.165, 1.54) is 295 Å². The summed E-state index contributed by atoms with van der Waals surface area (Å²) in [6.45, 7) is 4.96. The van der Waals surface area contributed by atoms with Gasteiger partial charge in [-0.15, -0.1) is 0 Å². The maximum absolute atomic E-state index is 12.4. The van der Waals surface area contributed by atoms with Crippen LogP contribution in [0.1, 0.15) is 373 Å². The Balaban J connectivity index is 3.29. The summed E-state index contributed by atoms with van der Waals surface area (Å²) in [7, 11) is 0. The van der Waals surface area contributed by atoms with E-state index >= 15 is 0 Å². The zero-order valence-electron chi connectivity index (χ0n) is 48.9. The van der Waals surface area contributed by atoms with Gasteiger partial charge in [-0.3, -0.25) is 9.59 Å². The molecule has 2 atom stereocenters. The number of esters is 1. The predicted molar refractivity (Wildman–Crippen MR) is 315 cm³/mol. The molecule has 0 saturated heterocycles. The van der Waals surface area contributed by atoms with Crippen LogP contribution >= 0.6 is 0 Å². The zero-order chi connectivity index (χ0) is 52.2. The Morgan fingerprint density at radius 1 is 0.375 bits per heavy atom. The number of carbonyl (C=O) groups is 2. The van der Waals surface area contributed by atoms with Gasteiger partial charge in [0.05, 0.1) is 25.4 Å². The molecule has 72 heavy (non-hydrogen) atoms. The number of carbonyl (C=O) groups excluding carboxylic acids is 2. The lowest BCUT2D eigenvalue weighted by Crippen LogP contribution is -2.45. The average molecular weight is 1020 g/mol. The van der Waals surface area contributed by atoms with E-state index in [-0.39, 0.29) is 18.5 Å². The highest BCUT2D eigenvalue weighted by Crippen LogP contribution is 2.19. The summed E-state index contributed by atoms with van der Waals surface area (Å²) in [4.78, 5) is 24.5. The van der Waals surface area contributed by atoms with Crippen LogP contribution in [-0.2, 0) is 14.3 Å². The first kappa shape index (κ1) is 70.6. The molecule has 0 rings (SSSR count). The molecule has 2 unspecified atom stereocenters. The monoisotopic (exact) mass is 1020 g/mol. The average Bonchev–Trinajstić information content (AvgIpc) is 3.38. The van der Waals surface area contributed by atoms with Crippen molar-refractivity contribution in [3.63, 3.8) is 0 Å². The second kappa shape index (κ2) is 62.1. The van der Waals surface area contributed by atoms with Crippen molar-refractivity contribution >= 4 is 11.9 Å². The molecule has 0 spiro atoms. The maximum atomic E-state index is 12.4. The van der Waals surface area contributed by atoms with Gasteiger partial charge < -0.3 is 20.3 Å². The Kier molecular flexibility index (Phi) is 60.9. The lowest BCUT2D eigenvalue weighted by Gasteiger charge is -2.22. The summed E-state index contributed by atoms with van der Waals surface area (Å²) in [5.74, 6) is -0.0160. The summed E-state index contributed by atoms with van der Waals surface area (Å²) < 4.78 is 5.50. The number of hydrogen-bond acceptors (Lipinski definition) is 5. The SMILES string of the molecule is CCCCCCCCC/C=C\CCCCCCCCCC(=O)OCCCCCCCCCCCCCCCCCCCCCCCCCCCCCCC(=O)NC(CO)C(O)CCCCCCCCCCC. The minimum Gasteiger partial charge on any atom is -0.466 e. The van der Waals surface area contributed by atoms with Gasteiger partial charge in [-0.05, 0) is 51.4 Å². The minimum atomic E-state index is -0.659. The molecule has 0 aromatic heterocycles. The minimum absolute atomic E-state index is 0.0165. The van der Waals surface area contributed by atoms with Gasteiger partial charge in [0, 0.05) is 12.8 Å². The molecule has 0 fully saturated rings. The number of rotatable bonds is 62. The quantitative estimate of drug-likeness (QED) is 0.0320. The third kappa shape index (κ3) is 57.9. The lowest BCUT2D eigenvalue weighted by atomic mass is 10.0. The molecular weight excluding hydrogens is 887 g/mol. The van der Waals surface area contributed by atoms with E-state index in [9.17, 15) is 19.8 Å². The fraction of sp³-hybridized carbons (Fsp3) is 0.939. The van der Waals surface area contributed by atoms with E-state index in [2.05, 4.69) is 31.3 Å². The van der Waals surface area contributed by atoms with Gasteiger partial charge in [0.1, 0.15) is 0 Å². The second-order valence-electron chi connectivity index (χ2n) is 22.8. The van der Waals surface area contributed by atoms with Gasteiger partial charge >= 0.3 is 5.97 Å². The molecular formula is C66H129NO5. The van der Waals surface area contributed by atoms with Crippen molar-refractivity contribution in [2.75, 3.05) is 13.2 Å². The van der Waals surface area contributed by atoms with Crippen LogP contribution in [0.4, 0.5) is 0 Å². The van der Waals surface area contributed by atoms with E-state index in [1.54, 1.807) is 0 Å². The van der Waals surface area contributed by atoms with Gasteiger partial charge in [-0.2, -0.15) is 0 Å². The van der Waals surface area contributed by atoms with Crippen molar-refractivity contribution in [3.05, 3.63) is 12.2 Å². The molecule has 0 radical (unpaired) electrons. The largest absolute Gasteiger partial charge is 0.466 e. The van der Waals surface area contributed by atoms with E-state index < -0.39 is 12.1 Å².